The zero-order valence-corrected chi connectivity index (χ0v) is 11.3. The third kappa shape index (κ3) is 6.67. The summed E-state index contributed by atoms with van der Waals surface area (Å²) in [5, 5.41) is 12.0. The molecule has 0 aromatic rings. The Balaban J connectivity index is 1.90. The third-order valence-electron chi connectivity index (χ3n) is 3.65. The van der Waals surface area contributed by atoms with Gasteiger partial charge in [-0.15, -0.1) is 0 Å². The molecule has 0 spiro atoms. The van der Waals surface area contributed by atoms with E-state index in [0.717, 1.165) is 31.6 Å². The van der Waals surface area contributed by atoms with E-state index in [1.54, 1.807) is 0 Å². The summed E-state index contributed by atoms with van der Waals surface area (Å²) in [5.41, 5.74) is 0.973. The number of oxime groups is 1. The molecule has 100 valence electrons. The fourth-order valence-corrected chi connectivity index (χ4v) is 2.43. The summed E-state index contributed by atoms with van der Waals surface area (Å²) >= 11 is 0. The standard InChI is InChI=1S/C14H28N2O/c1-2-3-4-5-6-7-8-11-16-12-9-14(15-17)10-13-16/h17H,2-13H2,1H3. The number of hydrogen-bond donors (Lipinski definition) is 1. The van der Waals surface area contributed by atoms with Crippen LogP contribution in [0, 0.1) is 0 Å². The predicted octanol–water partition coefficient (Wildman–Crippen LogP) is 3.66. The minimum atomic E-state index is 0.951. The highest BCUT2D eigenvalue weighted by molar-refractivity contribution is 5.84. The van der Waals surface area contributed by atoms with Gasteiger partial charge in [0, 0.05) is 25.9 Å². The van der Waals surface area contributed by atoms with Gasteiger partial charge in [-0.2, -0.15) is 0 Å². The molecule has 1 saturated heterocycles. The lowest BCUT2D eigenvalue weighted by molar-refractivity contribution is 0.257. The minimum absolute atomic E-state index is 0.951. The zero-order valence-electron chi connectivity index (χ0n) is 11.3. The fourth-order valence-electron chi connectivity index (χ4n) is 2.43. The van der Waals surface area contributed by atoms with Gasteiger partial charge in [0.1, 0.15) is 0 Å². The first-order valence-electron chi connectivity index (χ1n) is 7.29. The van der Waals surface area contributed by atoms with Gasteiger partial charge in [-0.05, 0) is 13.0 Å². The maximum absolute atomic E-state index is 8.66. The van der Waals surface area contributed by atoms with Gasteiger partial charge in [-0.25, -0.2) is 0 Å². The van der Waals surface area contributed by atoms with E-state index in [0.29, 0.717) is 0 Å². The maximum Gasteiger partial charge on any atom is 0.0596 e. The molecule has 0 unspecified atom stereocenters. The summed E-state index contributed by atoms with van der Waals surface area (Å²) in [6, 6.07) is 0. The van der Waals surface area contributed by atoms with Crippen LogP contribution >= 0.6 is 0 Å². The quantitative estimate of drug-likeness (QED) is 0.399. The van der Waals surface area contributed by atoms with Crippen molar-refractivity contribution in [2.75, 3.05) is 19.6 Å². The van der Waals surface area contributed by atoms with Gasteiger partial charge in [-0.1, -0.05) is 50.6 Å². The molecular weight excluding hydrogens is 212 g/mol. The molecule has 1 N–H and O–H groups in total. The Labute approximate surface area is 106 Å². The van der Waals surface area contributed by atoms with Crippen molar-refractivity contribution in [3.63, 3.8) is 0 Å². The molecule has 1 aliphatic heterocycles. The lowest BCUT2D eigenvalue weighted by atomic mass is 10.1. The number of piperidine rings is 1. The number of unbranched alkanes of at least 4 members (excludes halogenated alkanes) is 6. The summed E-state index contributed by atoms with van der Waals surface area (Å²) < 4.78 is 0. The van der Waals surface area contributed by atoms with Gasteiger partial charge < -0.3 is 10.1 Å². The first kappa shape index (κ1) is 14.5. The number of likely N-dealkylation sites (tertiary alicyclic amines) is 1. The molecule has 0 saturated carbocycles. The van der Waals surface area contributed by atoms with E-state index < -0.39 is 0 Å². The summed E-state index contributed by atoms with van der Waals surface area (Å²) in [5.74, 6) is 0. The van der Waals surface area contributed by atoms with Crippen molar-refractivity contribution in [2.45, 2.75) is 64.7 Å². The second-order valence-electron chi connectivity index (χ2n) is 5.13. The summed E-state index contributed by atoms with van der Waals surface area (Å²) in [6.07, 6.45) is 11.6. The van der Waals surface area contributed by atoms with Crippen LogP contribution in [0.4, 0.5) is 0 Å². The van der Waals surface area contributed by atoms with E-state index in [-0.39, 0.29) is 0 Å². The molecule has 0 bridgehead atoms. The minimum Gasteiger partial charge on any atom is -0.411 e. The van der Waals surface area contributed by atoms with Crippen molar-refractivity contribution in [3.8, 4) is 0 Å². The van der Waals surface area contributed by atoms with Gasteiger partial charge in [0.05, 0.1) is 5.71 Å². The van der Waals surface area contributed by atoms with Crippen LogP contribution in [0.5, 0.6) is 0 Å². The van der Waals surface area contributed by atoms with Gasteiger partial charge in [-0.3, -0.25) is 0 Å². The van der Waals surface area contributed by atoms with Crippen LogP contribution in [0.3, 0.4) is 0 Å². The van der Waals surface area contributed by atoms with E-state index in [9.17, 15) is 0 Å². The van der Waals surface area contributed by atoms with Crippen LogP contribution in [-0.2, 0) is 0 Å². The van der Waals surface area contributed by atoms with Gasteiger partial charge >= 0.3 is 0 Å². The summed E-state index contributed by atoms with van der Waals surface area (Å²) in [7, 11) is 0. The molecule has 1 fully saturated rings. The monoisotopic (exact) mass is 240 g/mol. The van der Waals surface area contributed by atoms with E-state index in [4.69, 9.17) is 5.21 Å². The summed E-state index contributed by atoms with van der Waals surface area (Å²) in [6.45, 7) is 5.65. The molecule has 1 rings (SSSR count). The van der Waals surface area contributed by atoms with Crippen LogP contribution in [0.25, 0.3) is 0 Å². The van der Waals surface area contributed by atoms with E-state index >= 15 is 0 Å². The van der Waals surface area contributed by atoms with E-state index in [1.165, 1.54) is 51.5 Å². The third-order valence-corrected chi connectivity index (χ3v) is 3.65. The first-order chi connectivity index (χ1) is 8.36. The van der Waals surface area contributed by atoms with Crippen molar-refractivity contribution in [1.82, 2.24) is 4.90 Å². The van der Waals surface area contributed by atoms with Crippen LogP contribution < -0.4 is 0 Å². The van der Waals surface area contributed by atoms with Gasteiger partial charge in [0.2, 0.25) is 0 Å². The first-order valence-corrected chi connectivity index (χ1v) is 7.29. The molecule has 1 aliphatic rings. The number of rotatable bonds is 8. The molecule has 3 nitrogen and oxygen atoms in total. The van der Waals surface area contributed by atoms with E-state index in [2.05, 4.69) is 17.0 Å². The van der Waals surface area contributed by atoms with Crippen molar-refractivity contribution < 1.29 is 5.21 Å². The Hall–Kier alpha value is -0.570. The molecule has 3 heteroatoms. The highest BCUT2D eigenvalue weighted by Crippen LogP contribution is 2.11. The highest BCUT2D eigenvalue weighted by atomic mass is 16.4. The van der Waals surface area contributed by atoms with E-state index in [1.807, 2.05) is 0 Å². The SMILES string of the molecule is CCCCCCCCCN1CCC(=NO)CC1. The summed E-state index contributed by atoms with van der Waals surface area (Å²) in [4.78, 5) is 2.50. The average Bonchev–Trinajstić information content (AvgIpc) is 2.38. The fraction of sp³-hybridized carbons (Fsp3) is 0.929. The lowest BCUT2D eigenvalue weighted by Gasteiger charge is -2.26. The van der Waals surface area contributed by atoms with Crippen LogP contribution in [0.1, 0.15) is 64.7 Å². The second-order valence-corrected chi connectivity index (χ2v) is 5.13. The Kier molecular flexibility index (Phi) is 8.06. The molecular formula is C14H28N2O. The highest BCUT2D eigenvalue weighted by Gasteiger charge is 2.14. The molecule has 0 amide bonds. The van der Waals surface area contributed by atoms with Crippen LogP contribution in [-0.4, -0.2) is 35.5 Å². The molecule has 0 aromatic heterocycles. The Morgan fingerprint density at radius 1 is 1.00 bits per heavy atom. The average molecular weight is 240 g/mol. The lowest BCUT2D eigenvalue weighted by Crippen LogP contribution is -2.34. The van der Waals surface area contributed by atoms with Crippen LogP contribution in [0.2, 0.25) is 0 Å². The predicted molar refractivity (Wildman–Crippen MR) is 72.9 cm³/mol. The Bertz CT molecular complexity index is 206. The number of hydrogen-bond acceptors (Lipinski definition) is 3. The largest absolute Gasteiger partial charge is 0.411 e. The molecule has 0 aromatic carbocycles. The van der Waals surface area contributed by atoms with Crippen molar-refractivity contribution >= 4 is 5.71 Å². The van der Waals surface area contributed by atoms with Crippen molar-refractivity contribution in [1.29, 1.82) is 0 Å². The second kappa shape index (κ2) is 9.46. The van der Waals surface area contributed by atoms with Crippen molar-refractivity contribution in [2.24, 2.45) is 5.16 Å². The molecule has 1 heterocycles. The zero-order chi connectivity index (χ0) is 12.3. The van der Waals surface area contributed by atoms with Crippen LogP contribution in [0.15, 0.2) is 5.16 Å². The Morgan fingerprint density at radius 2 is 1.59 bits per heavy atom. The van der Waals surface area contributed by atoms with Gasteiger partial charge in [0.25, 0.3) is 0 Å². The molecule has 0 aliphatic carbocycles. The molecule has 0 radical (unpaired) electrons. The smallest absolute Gasteiger partial charge is 0.0596 e. The Morgan fingerprint density at radius 3 is 2.18 bits per heavy atom. The normalized spacial score (nSPS) is 17.4. The molecule has 0 atom stereocenters. The molecule has 17 heavy (non-hydrogen) atoms. The topological polar surface area (TPSA) is 35.8 Å². The maximum atomic E-state index is 8.66. The van der Waals surface area contributed by atoms with Gasteiger partial charge in [0.15, 0.2) is 0 Å². The van der Waals surface area contributed by atoms with Crippen molar-refractivity contribution in [3.05, 3.63) is 0 Å². The number of nitrogens with zero attached hydrogens (tertiary/aromatic N) is 2.